The molecule has 0 saturated heterocycles. The van der Waals surface area contributed by atoms with Crippen LogP contribution in [0.3, 0.4) is 0 Å². The average Bonchev–Trinajstić information content (AvgIpc) is 3.13. The molecular formula is C26H26N2O2. The van der Waals surface area contributed by atoms with E-state index in [1.807, 2.05) is 60.8 Å². The van der Waals surface area contributed by atoms with E-state index in [1.54, 1.807) is 0 Å². The Morgan fingerprint density at radius 1 is 0.867 bits per heavy atom. The Balaban J connectivity index is 1.53. The molecule has 0 bridgehead atoms. The van der Waals surface area contributed by atoms with Crippen LogP contribution in [0.4, 0.5) is 0 Å². The maximum absolute atomic E-state index is 12.1. The molecule has 1 aromatic heterocycles. The molecule has 0 spiro atoms. The molecule has 30 heavy (non-hydrogen) atoms. The van der Waals surface area contributed by atoms with Crippen molar-refractivity contribution in [2.75, 3.05) is 6.54 Å². The standard InChI is InChI=1S/C26H26N2O2/c29-26(30)25(27-17-9-14-20-10-3-1-4-11-20)23-19-28(18-21-12-5-2-6-13-21)24-16-8-7-15-22(23)24/h1-8,10-13,15-16,19,25,27H,9,14,17-18H2,(H,29,30). The minimum atomic E-state index is -0.850. The number of para-hydroxylation sites is 1. The van der Waals surface area contributed by atoms with E-state index in [0.29, 0.717) is 13.1 Å². The highest BCUT2D eigenvalue weighted by Crippen LogP contribution is 2.28. The number of nitrogens with one attached hydrogen (secondary N) is 1. The van der Waals surface area contributed by atoms with Crippen LogP contribution in [-0.4, -0.2) is 22.2 Å². The van der Waals surface area contributed by atoms with Crippen LogP contribution < -0.4 is 5.32 Å². The summed E-state index contributed by atoms with van der Waals surface area (Å²) < 4.78 is 2.14. The van der Waals surface area contributed by atoms with E-state index in [0.717, 1.165) is 29.3 Å². The molecule has 0 saturated carbocycles. The van der Waals surface area contributed by atoms with Crippen LogP contribution in [0.15, 0.2) is 91.1 Å². The maximum Gasteiger partial charge on any atom is 0.325 e. The van der Waals surface area contributed by atoms with Crippen LogP contribution >= 0.6 is 0 Å². The highest BCUT2D eigenvalue weighted by Gasteiger charge is 2.23. The Bertz CT molecular complexity index is 1100. The second kappa shape index (κ2) is 9.42. The zero-order valence-corrected chi connectivity index (χ0v) is 16.9. The molecule has 0 radical (unpaired) electrons. The van der Waals surface area contributed by atoms with Gasteiger partial charge < -0.3 is 15.0 Å². The van der Waals surface area contributed by atoms with Gasteiger partial charge in [0.1, 0.15) is 6.04 Å². The highest BCUT2D eigenvalue weighted by atomic mass is 16.4. The number of carbonyl (C=O) groups is 1. The third-order valence-electron chi connectivity index (χ3n) is 5.41. The molecule has 2 N–H and O–H groups in total. The van der Waals surface area contributed by atoms with Crippen molar-refractivity contribution >= 4 is 16.9 Å². The van der Waals surface area contributed by atoms with Crippen molar-refractivity contribution in [3.63, 3.8) is 0 Å². The van der Waals surface area contributed by atoms with Crippen molar-refractivity contribution in [2.24, 2.45) is 0 Å². The van der Waals surface area contributed by atoms with Crippen LogP contribution in [0.1, 0.15) is 29.2 Å². The number of aliphatic carboxylic acids is 1. The van der Waals surface area contributed by atoms with Gasteiger partial charge in [-0.15, -0.1) is 0 Å². The van der Waals surface area contributed by atoms with Gasteiger partial charge >= 0.3 is 5.97 Å². The maximum atomic E-state index is 12.1. The van der Waals surface area contributed by atoms with Gasteiger partial charge in [-0.05, 0) is 36.6 Å². The SMILES string of the molecule is O=C(O)C(NCCCc1ccccc1)c1cn(Cc2ccccc2)c2ccccc12. The molecule has 4 heteroatoms. The van der Waals surface area contributed by atoms with Crippen LogP contribution in [0, 0.1) is 0 Å². The summed E-state index contributed by atoms with van der Waals surface area (Å²) in [4.78, 5) is 12.1. The van der Waals surface area contributed by atoms with Gasteiger partial charge in [-0.2, -0.15) is 0 Å². The molecule has 1 atom stereocenters. The van der Waals surface area contributed by atoms with Gasteiger partial charge in [0.25, 0.3) is 0 Å². The fraction of sp³-hybridized carbons (Fsp3) is 0.192. The lowest BCUT2D eigenvalue weighted by Crippen LogP contribution is -2.29. The Labute approximate surface area is 176 Å². The number of carboxylic acid groups (broad SMARTS) is 1. The van der Waals surface area contributed by atoms with E-state index in [9.17, 15) is 9.90 Å². The van der Waals surface area contributed by atoms with Crippen molar-refractivity contribution in [1.29, 1.82) is 0 Å². The van der Waals surface area contributed by atoms with E-state index < -0.39 is 12.0 Å². The molecule has 1 heterocycles. The van der Waals surface area contributed by atoms with Gasteiger partial charge in [0, 0.05) is 29.2 Å². The summed E-state index contributed by atoms with van der Waals surface area (Å²) in [5.74, 6) is -0.850. The molecule has 0 aliphatic rings. The molecule has 4 rings (SSSR count). The zero-order valence-electron chi connectivity index (χ0n) is 16.9. The van der Waals surface area contributed by atoms with E-state index in [-0.39, 0.29) is 0 Å². The van der Waals surface area contributed by atoms with Gasteiger partial charge in [-0.3, -0.25) is 4.79 Å². The summed E-state index contributed by atoms with van der Waals surface area (Å²) in [5, 5.41) is 14.2. The molecule has 1 unspecified atom stereocenters. The molecule has 3 aromatic carbocycles. The average molecular weight is 399 g/mol. The molecule has 0 aliphatic heterocycles. The third-order valence-corrected chi connectivity index (χ3v) is 5.41. The number of hydrogen-bond donors (Lipinski definition) is 2. The number of aryl methyl sites for hydroxylation is 1. The number of fused-ring (bicyclic) bond motifs is 1. The predicted molar refractivity (Wildman–Crippen MR) is 121 cm³/mol. The second-order valence-electron chi connectivity index (χ2n) is 7.53. The lowest BCUT2D eigenvalue weighted by atomic mass is 10.1. The first kappa shape index (κ1) is 19.9. The summed E-state index contributed by atoms with van der Waals surface area (Å²) >= 11 is 0. The highest BCUT2D eigenvalue weighted by molar-refractivity contribution is 5.89. The normalized spacial score (nSPS) is 12.1. The Hall–Kier alpha value is -3.37. The fourth-order valence-corrected chi connectivity index (χ4v) is 3.93. The molecule has 0 aliphatic carbocycles. The number of carboxylic acids is 1. The first-order chi connectivity index (χ1) is 14.7. The van der Waals surface area contributed by atoms with Crippen LogP contribution in [0.5, 0.6) is 0 Å². The van der Waals surface area contributed by atoms with Crippen molar-refractivity contribution in [3.05, 3.63) is 108 Å². The quantitative estimate of drug-likeness (QED) is 0.389. The van der Waals surface area contributed by atoms with Gasteiger partial charge in [-0.1, -0.05) is 78.9 Å². The summed E-state index contributed by atoms with van der Waals surface area (Å²) in [6.07, 6.45) is 3.80. The van der Waals surface area contributed by atoms with Crippen molar-refractivity contribution in [1.82, 2.24) is 9.88 Å². The first-order valence-electron chi connectivity index (χ1n) is 10.3. The Morgan fingerprint density at radius 2 is 1.50 bits per heavy atom. The van der Waals surface area contributed by atoms with Crippen LogP contribution in [0.25, 0.3) is 10.9 Å². The van der Waals surface area contributed by atoms with Crippen molar-refractivity contribution < 1.29 is 9.90 Å². The minimum absolute atomic E-state index is 0.643. The zero-order chi connectivity index (χ0) is 20.8. The molecule has 4 nitrogen and oxygen atoms in total. The molecule has 0 amide bonds. The molecular weight excluding hydrogens is 372 g/mol. The summed E-state index contributed by atoms with van der Waals surface area (Å²) in [5.41, 5.74) is 4.32. The summed E-state index contributed by atoms with van der Waals surface area (Å²) in [6, 6.07) is 27.8. The Kier molecular flexibility index (Phi) is 6.26. The van der Waals surface area contributed by atoms with Crippen LogP contribution in [-0.2, 0) is 17.8 Å². The predicted octanol–water partition coefficient (Wildman–Crippen LogP) is 5.04. The number of nitrogens with zero attached hydrogens (tertiary/aromatic N) is 1. The Morgan fingerprint density at radius 3 is 2.20 bits per heavy atom. The van der Waals surface area contributed by atoms with E-state index in [2.05, 4.69) is 40.2 Å². The molecule has 4 aromatic rings. The first-order valence-corrected chi connectivity index (χ1v) is 10.3. The second-order valence-corrected chi connectivity index (χ2v) is 7.53. The topological polar surface area (TPSA) is 54.3 Å². The number of rotatable bonds is 9. The number of hydrogen-bond acceptors (Lipinski definition) is 2. The van der Waals surface area contributed by atoms with Gasteiger partial charge in [-0.25, -0.2) is 0 Å². The molecule has 152 valence electrons. The van der Waals surface area contributed by atoms with Gasteiger partial charge in [0.2, 0.25) is 0 Å². The largest absolute Gasteiger partial charge is 0.480 e. The number of aromatic nitrogens is 1. The summed E-state index contributed by atoms with van der Waals surface area (Å²) in [7, 11) is 0. The fourth-order valence-electron chi connectivity index (χ4n) is 3.93. The van der Waals surface area contributed by atoms with E-state index in [1.165, 1.54) is 11.1 Å². The van der Waals surface area contributed by atoms with E-state index >= 15 is 0 Å². The van der Waals surface area contributed by atoms with Crippen molar-refractivity contribution in [3.8, 4) is 0 Å². The number of benzene rings is 3. The smallest absolute Gasteiger partial charge is 0.325 e. The van der Waals surface area contributed by atoms with E-state index in [4.69, 9.17) is 0 Å². The third kappa shape index (κ3) is 4.61. The molecule has 0 fully saturated rings. The summed E-state index contributed by atoms with van der Waals surface area (Å²) in [6.45, 7) is 1.35. The minimum Gasteiger partial charge on any atom is -0.480 e. The lowest BCUT2D eigenvalue weighted by molar-refractivity contribution is -0.139. The van der Waals surface area contributed by atoms with Crippen LogP contribution in [0.2, 0.25) is 0 Å². The van der Waals surface area contributed by atoms with Gasteiger partial charge in [0.15, 0.2) is 0 Å². The van der Waals surface area contributed by atoms with Gasteiger partial charge in [0.05, 0.1) is 0 Å². The lowest BCUT2D eigenvalue weighted by Gasteiger charge is -2.14. The van der Waals surface area contributed by atoms with Crippen molar-refractivity contribution in [2.45, 2.75) is 25.4 Å². The monoisotopic (exact) mass is 398 g/mol.